The Kier molecular flexibility index (Phi) is 4.72. The number of rotatable bonds is 5. The summed E-state index contributed by atoms with van der Waals surface area (Å²) in [5.41, 5.74) is -0.152. The summed E-state index contributed by atoms with van der Waals surface area (Å²) in [6.45, 7) is 0.161. The van der Waals surface area contributed by atoms with Crippen LogP contribution >= 0.6 is 11.6 Å². The first kappa shape index (κ1) is 12.4. The Morgan fingerprint density at radius 3 is 2.75 bits per heavy atom. The van der Waals surface area contributed by atoms with E-state index in [1.165, 1.54) is 6.07 Å². The Morgan fingerprint density at radius 1 is 1.44 bits per heavy atom. The number of halogens is 1. The summed E-state index contributed by atoms with van der Waals surface area (Å²) in [5, 5.41) is 10.7. The average molecular weight is 244 g/mol. The van der Waals surface area contributed by atoms with E-state index < -0.39 is 10.4 Å². The fraction of sp³-hybridized carbons (Fsp3) is 0.300. The van der Waals surface area contributed by atoms with Crippen LogP contribution in [0.1, 0.15) is 12.0 Å². The number of hydrogen-bond acceptors (Lipinski definition) is 4. The molecule has 1 aromatic rings. The van der Waals surface area contributed by atoms with E-state index in [1.807, 2.05) is 0 Å². The number of nitro groups is 1. The number of ether oxygens (including phenoxy) is 1. The Morgan fingerprint density at radius 2 is 2.12 bits per heavy atom. The number of carbonyl (C=O) groups excluding carboxylic acids is 1. The third-order valence-corrected chi connectivity index (χ3v) is 2.10. The zero-order chi connectivity index (χ0) is 12.0. The molecule has 0 spiro atoms. The molecule has 1 aromatic carbocycles. The van der Waals surface area contributed by atoms with Crippen LogP contribution in [-0.2, 0) is 11.2 Å². The van der Waals surface area contributed by atoms with Gasteiger partial charge in [0.25, 0.3) is 5.69 Å². The number of hydrogen-bond donors (Lipinski definition) is 0. The van der Waals surface area contributed by atoms with E-state index in [2.05, 4.69) is 4.74 Å². The van der Waals surface area contributed by atoms with Gasteiger partial charge in [0.15, 0.2) is 0 Å². The molecule has 0 bridgehead atoms. The van der Waals surface area contributed by atoms with Crippen molar-refractivity contribution in [3.63, 3.8) is 0 Å². The van der Waals surface area contributed by atoms with E-state index in [0.29, 0.717) is 18.4 Å². The molecule has 0 saturated carbocycles. The predicted octanol–water partition coefficient (Wildman–Crippen LogP) is 2.90. The zero-order valence-corrected chi connectivity index (χ0v) is 9.14. The molecule has 0 heterocycles. The van der Waals surface area contributed by atoms with Gasteiger partial charge in [-0.2, -0.15) is 0 Å². The smallest absolute Gasteiger partial charge is 0.403 e. The van der Waals surface area contributed by atoms with Gasteiger partial charge < -0.3 is 4.74 Å². The van der Waals surface area contributed by atoms with E-state index >= 15 is 0 Å². The number of benzene rings is 1. The summed E-state index contributed by atoms with van der Waals surface area (Å²) < 4.78 is 4.52. The largest absolute Gasteiger partial charge is 0.454 e. The molecule has 1 rings (SSSR count). The van der Waals surface area contributed by atoms with Crippen LogP contribution in [-0.4, -0.2) is 17.0 Å². The second-order valence-electron chi connectivity index (χ2n) is 3.08. The highest BCUT2D eigenvalue weighted by Crippen LogP contribution is 2.18. The molecule has 0 fully saturated rings. The molecule has 6 heteroatoms. The van der Waals surface area contributed by atoms with Crippen molar-refractivity contribution >= 4 is 22.7 Å². The summed E-state index contributed by atoms with van der Waals surface area (Å²) >= 11 is 4.97. The van der Waals surface area contributed by atoms with Crippen LogP contribution < -0.4 is 0 Å². The number of nitrogens with zero attached hydrogens (tertiary/aromatic N) is 1. The maximum Gasteiger partial charge on any atom is 0.403 e. The lowest BCUT2D eigenvalue weighted by Gasteiger charge is -2.02. The fourth-order valence-electron chi connectivity index (χ4n) is 1.32. The van der Waals surface area contributed by atoms with E-state index in [4.69, 9.17) is 11.6 Å². The summed E-state index contributed by atoms with van der Waals surface area (Å²) in [6.07, 6.45) is 0.977. The Labute approximate surface area is 97.1 Å². The van der Waals surface area contributed by atoms with Crippen LogP contribution in [0.3, 0.4) is 0 Å². The van der Waals surface area contributed by atoms with Gasteiger partial charge in [-0.1, -0.05) is 18.2 Å². The molecule has 0 aromatic heterocycles. The molecule has 0 aliphatic carbocycles. The van der Waals surface area contributed by atoms with Crippen molar-refractivity contribution in [2.45, 2.75) is 12.8 Å². The van der Waals surface area contributed by atoms with Gasteiger partial charge >= 0.3 is 5.43 Å². The monoisotopic (exact) mass is 243 g/mol. The van der Waals surface area contributed by atoms with Crippen LogP contribution in [0.25, 0.3) is 0 Å². The molecular weight excluding hydrogens is 234 g/mol. The maximum atomic E-state index is 10.7. The highest BCUT2D eigenvalue weighted by Gasteiger charge is 2.11. The Balaban J connectivity index is 2.53. The Bertz CT molecular complexity index is 394. The highest BCUT2D eigenvalue weighted by atomic mass is 35.5. The van der Waals surface area contributed by atoms with Crippen molar-refractivity contribution < 1.29 is 14.5 Å². The number of carbonyl (C=O) groups is 1. The van der Waals surface area contributed by atoms with Gasteiger partial charge in [0, 0.05) is 23.2 Å². The van der Waals surface area contributed by atoms with Crippen LogP contribution in [0.2, 0.25) is 0 Å². The first-order valence-electron chi connectivity index (χ1n) is 4.66. The van der Waals surface area contributed by atoms with Crippen molar-refractivity contribution in [1.82, 2.24) is 0 Å². The topological polar surface area (TPSA) is 69.4 Å². The third kappa shape index (κ3) is 3.86. The van der Waals surface area contributed by atoms with Crippen LogP contribution in [0.5, 0.6) is 0 Å². The predicted molar refractivity (Wildman–Crippen MR) is 58.6 cm³/mol. The molecule has 0 amide bonds. The quantitative estimate of drug-likeness (QED) is 0.345. The molecular formula is C10H10ClNO4. The number of para-hydroxylation sites is 1. The van der Waals surface area contributed by atoms with Crippen molar-refractivity contribution in [3.05, 3.63) is 39.9 Å². The average Bonchev–Trinajstić information content (AvgIpc) is 2.24. The van der Waals surface area contributed by atoms with Gasteiger partial charge in [-0.25, -0.2) is 4.79 Å². The third-order valence-electron chi connectivity index (χ3n) is 1.99. The summed E-state index contributed by atoms with van der Waals surface area (Å²) in [7, 11) is 0. The van der Waals surface area contributed by atoms with E-state index in [1.54, 1.807) is 18.2 Å². The lowest BCUT2D eigenvalue weighted by atomic mass is 10.1. The number of aryl methyl sites for hydroxylation is 1. The molecule has 0 aliphatic heterocycles. The first-order chi connectivity index (χ1) is 7.61. The van der Waals surface area contributed by atoms with E-state index in [0.717, 1.165) is 0 Å². The van der Waals surface area contributed by atoms with Gasteiger partial charge in [-0.3, -0.25) is 10.1 Å². The minimum atomic E-state index is -0.859. The summed E-state index contributed by atoms with van der Waals surface area (Å²) in [4.78, 5) is 20.5. The molecule has 16 heavy (non-hydrogen) atoms. The van der Waals surface area contributed by atoms with Gasteiger partial charge in [0.2, 0.25) is 0 Å². The van der Waals surface area contributed by atoms with Crippen LogP contribution in [0.15, 0.2) is 24.3 Å². The molecule has 0 aliphatic rings. The van der Waals surface area contributed by atoms with Crippen molar-refractivity contribution in [2.75, 3.05) is 6.61 Å². The van der Waals surface area contributed by atoms with Crippen molar-refractivity contribution in [2.24, 2.45) is 0 Å². The molecule has 0 atom stereocenters. The minimum absolute atomic E-state index is 0.0831. The zero-order valence-electron chi connectivity index (χ0n) is 8.39. The molecule has 86 valence electrons. The summed E-state index contributed by atoms with van der Waals surface area (Å²) in [5.74, 6) is 0. The van der Waals surface area contributed by atoms with Crippen molar-refractivity contribution in [3.8, 4) is 0 Å². The van der Waals surface area contributed by atoms with Gasteiger partial charge in [-0.05, 0) is 12.8 Å². The van der Waals surface area contributed by atoms with Gasteiger partial charge in [0.1, 0.15) is 0 Å². The highest BCUT2D eigenvalue weighted by molar-refractivity contribution is 6.61. The van der Waals surface area contributed by atoms with E-state index in [-0.39, 0.29) is 12.3 Å². The van der Waals surface area contributed by atoms with Gasteiger partial charge in [0.05, 0.1) is 11.5 Å². The number of nitro benzene ring substituents is 1. The second-order valence-corrected chi connectivity index (χ2v) is 3.38. The maximum absolute atomic E-state index is 10.7. The first-order valence-corrected chi connectivity index (χ1v) is 5.03. The SMILES string of the molecule is O=C(Cl)OCCCc1ccccc1[N+](=O)[O-]. The molecule has 0 saturated heterocycles. The molecule has 0 radical (unpaired) electrons. The van der Waals surface area contributed by atoms with E-state index in [9.17, 15) is 14.9 Å². The Hall–Kier alpha value is -1.62. The fourth-order valence-corrected chi connectivity index (χ4v) is 1.39. The van der Waals surface area contributed by atoms with Crippen molar-refractivity contribution in [1.29, 1.82) is 0 Å². The lowest BCUT2D eigenvalue weighted by Crippen LogP contribution is -2.00. The minimum Gasteiger partial charge on any atom is -0.454 e. The second kappa shape index (κ2) is 6.07. The summed E-state index contributed by atoms with van der Waals surface area (Å²) in [6, 6.07) is 6.47. The van der Waals surface area contributed by atoms with Crippen LogP contribution in [0.4, 0.5) is 10.5 Å². The molecule has 0 N–H and O–H groups in total. The standard InChI is InChI=1S/C10H10ClNO4/c11-10(13)16-7-3-5-8-4-1-2-6-9(8)12(14)15/h1-2,4,6H,3,5,7H2. The normalized spacial score (nSPS) is 9.81. The van der Waals surface area contributed by atoms with Gasteiger partial charge in [-0.15, -0.1) is 0 Å². The molecule has 0 unspecified atom stereocenters. The lowest BCUT2D eigenvalue weighted by molar-refractivity contribution is -0.385. The molecule has 5 nitrogen and oxygen atoms in total. The van der Waals surface area contributed by atoms with Crippen LogP contribution in [0, 0.1) is 10.1 Å².